The zero-order chi connectivity index (χ0) is 13.1. The fraction of sp³-hybridized carbons (Fsp3) is 0.455. The number of hydrogen-bond acceptors (Lipinski definition) is 3. The van der Waals surface area contributed by atoms with E-state index < -0.39 is 0 Å². The van der Waals surface area contributed by atoms with Gasteiger partial charge >= 0.3 is 0 Å². The first kappa shape index (κ1) is 14.0. The van der Waals surface area contributed by atoms with Crippen LogP contribution in [0.2, 0.25) is 16.9 Å². The molecule has 1 radical (unpaired) electrons. The van der Waals surface area contributed by atoms with Crippen molar-refractivity contribution in [3.8, 4) is 0 Å². The molecule has 1 aromatic heterocycles. The van der Waals surface area contributed by atoms with Crippen molar-refractivity contribution in [1.82, 2.24) is 4.98 Å². The largest absolute Gasteiger partial charge is 0.308 e. The van der Waals surface area contributed by atoms with E-state index in [9.17, 15) is 4.79 Å². The number of carbonyl (C=O) groups excluding carboxylic acids is 1. The third kappa shape index (κ3) is 2.95. The second-order valence-corrected chi connectivity index (χ2v) is 6.21. The van der Waals surface area contributed by atoms with Crippen molar-refractivity contribution in [3.05, 3.63) is 22.4 Å². The van der Waals surface area contributed by atoms with Crippen LogP contribution >= 0.6 is 34.8 Å². The summed E-state index contributed by atoms with van der Waals surface area (Å²) in [6.45, 7) is 4.68. The molecular weight excluding hydrogens is 290 g/mol. The molecule has 1 saturated heterocycles. The second-order valence-electron chi connectivity index (χ2n) is 3.99. The summed E-state index contributed by atoms with van der Waals surface area (Å²) in [4.78, 5) is 17.6. The Kier molecular flexibility index (Phi) is 4.81. The highest BCUT2D eigenvalue weighted by atomic mass is 35.5. The standard InChI is InChI=1S/C11H12BCl2N2OS/c1-12-18-7-2-3-10(17)16(6-7)11-8(13)4-15-5-9(11)14/h4-5,7H,2-3,6H2,1H3. The number of rotatable bonds is 3. The molecule has 2 rings (SSSR count). The number of hydrogen-bond donors (Lipinski definition) is 0. The van der Waals surface area contributed by atoms with Crippen LogP contribution in [0, 0.1) is 0 Å². The topological polar surface area (TPSA) is 33.2 Å². The van der Waals surface area contributed by atoms with Crippen LogP contribution in [0.25, 0.3) is 0 Å². The van der Waals surface area contributed by atoms with E-state index in [1.165, 1.54) is 12.4 Å². The number of piperidine rings is 1. The van der Waals surface area contributed by atoms with Crippen LogP contribution in [-0.2, 0) is 4.79 Å². The molecule has 0 saturated carbocycles. The van der Waals surface area contributed by atoms with E-state index in [1.807, 2.05) is 6.82 Å². The summed E-state index contributed by atoms with van der Waals surface area (Å²) in [6, 6.07) is 0. The molecule has 7 heteroatoms. The van der Waals surface area contributed by atoms with E-state index in [0.29, 0.717) is 33.9 Å². The van der Waals surface area contributed by atoms with Gasteiger partial charge in [0.25, 0.3) is 0 Å². The van der Waals surface area contributed by atoms with E-state index in [2.05, 4.69) is 11.5 Å². The van der Waals surface area contributed by atoms with Gasteiger partial charge in [0.2, 0.25) is 5.91 Å². The lowest BCUT2D eigenvalue weighted by atomic mass is 10.1. The number of halogens is 2. The minimum atomic E-state index is 0.0675. The monoisotopic (exact) mass is 301 g/mol. The van der Waals surface area contributed by atoms with Crippen LogP contribution in [0.1, 0.15) is 12.8 Å². The summed E-state index contributed by atoms with van der Waals surface area (Å²) < 4.78 is 0. The number of aromatic nitrogens is 1. The quantitative estimate of drug-likeness (QED) is 0.803. The summed E-state index contributed by atoms with van der Waals surface area (Å²) in [5.74, 6) is 0.0675. The molecule has 18 heavy (non-hydrogen) atoms. The molecule has 1 aromatic rings. The summed E-state index contributed by atoms with van der Waals surface area (Å²) in [6.07, 6.45) is 4.45. The highest BCUT2D eigenvalue weighted by Gasteiger charge is 2.29. The maximum atomic E-state index is 12.0. The minimum absolute atomic E-state index is 0.0675. The Labute approximate surface area is 121 Å². The van der Waals surface area contributed by atoms with Gasteiger partial charge in [-0.15, -0.1) is 0 Å². The van der Waals surface area contributed by atoms with Crippen LogP contribution in [0.4, 0.5) is 5.69 Å². The molecule has 3 nitrogen and oxygen atoms in total. The molecule has 95 valence electrons. The molecule has 0 aliphatic carbocycles. The lowest BCUT2D eigenvalue weighted by Crippen LogP contribution is -2.42. The minimum Gasteiger partial charge on any atom is -0.308 e. The molecular formula is C11H12BCl2N2OS. The highest BCUT2D eigenvalue weighted by molar-refractivity contribution is 8.22. The lowest BCUT2D eigenvalue weighted by molar-refractivity contribution is -0.119. The summed E-state index contributed by atoms with van der Waals surface area (Å²) >= 11 is 13.9. The first-order valence-corrected chi connectivity index (χ1v) is 7.36. The normalized spacial score (nSPS) is 20.1. The Morgan fingerprint density at radius 2 is 2.11 bits per heavy atom. The molecule has 1 unspecified atom stereocenters. The molecule has 0 spiro atoms. The first-order valence-electron chi connectivity index (χ1n) is 5.66. The Morgan fingerprint density at radius 3 is 2.72 bits per heavy atom. The van der Waals surface area contributed by atoms with E-state index in [1.54, 1.807) is 16.5 Å². The van der Waals surface area contributed by atoms with Crippen molar-refractivity contribution in [3.63, 3.8) is 0 Å². The fourth-order valence-corrected chi connectivity index (χ4v) is 3.44. The van der Waals surface area contributed by atoms with E-state index in [4.69, 9.17) is 23.2 Å². The number of nitrogens with zero attached hydrogens (tertiary/aromatic N) is 2. The number of carbonyl (C=O) groups is 1. The Balaban J connectivity index is 2.27. The SMILES string of the molecule is C[B]SC1CCC(=O)N(c2c(Cl)cncc2Cl)C1. The molecule has 2 heterocycles. The summed E-state index contributed by atoms with van der Waals surface area (Å²) in [5, 5.41) is 1.23. The smallest absolute Gasteiger partial charge is 0.227 e. The number of amides is 1. The van der Waals surface area contributed by atoms with Crippen molar-refractivity contribution in [2.24, 2.45) is 0 Å². The average molecular weight is 302 g/mol. The van der Waals surface area contributed by atoms with Gasteiger partial charge in [0, 0.05) is 30.6 Å². The highest BCUT2D eigenvalue weighted by Crippen LogP contribution is 2.36. The van der Waals surface area contributed by atoms with Crippen molar-refractivity contribution in [1.29, 1.82) is 0 Å². The summed E-state index contributed by atoms with van der Waals surface area (Å²) in [7, 11) is 0. The lowest BCUT2D eigenvalue weighted by Gasteiger charge is -2.33. The molecule has 0 aromatic carbocycles. The molecule has 1 amide bonds. The van der Waals surface area contributed by atoms with E-state index in [-0.39, 0.29) is 5.91 Å². The molecule has 1 aliphatic heterocycles. The van der Waals surface area contributed by atoms with Crippen LogP contribution in [0.15, 0.2) is 12.4 Å². The molecule has 1 aliphatic rings. The zero-order valence-corrected chi connectivity index (χ0v) is 12.2. The third-order valence-corrected chi connectivity index (χ3v) is 4.39. The van der Waals surface area contributed by atoms with Gasteiger partial charge in [-0.3, -0.25) is 9.78 Å². The molecule has 1 atom stereocenters. The maximum absolute atomic E-state index is 12.0. The maximum Gasteiger partial charge on any atom is 0.227 e. The zero-order valence-electron chi connectivity index (χ0n) is 9.90. The number of pyridine rings is 1. The fourth-order valence-electron chi connectivity index (χ4n) is 2.00. The Hall–Kier alpha value is -0.385. The van der Waals surface area contributed by atoms with Gasteiger partial charge in [-0.1, -0.05) is 30.0 Å². The van der Waals surface area contributed by atoms with Gasteiger partial charge in [0.1, 0.15) is 0 Å². The van der Waals surface area contributed by atoms with E-state index >= 15 is 0 Å². The molecule has 1 fully saturated rings. The average Bonchev–Trinajstić information content (AvgIpc) is 2.33. The molecule has 0 bridgehead atoms. The van der Waals surface area contributed by atoms with Crippen molar-refractivity contribution in [2.75, 3.05) is 11.4 Å². The van der Waals surface area contributed by atoms with Crippen LogP contribution in [0.5, 0.6) is 0 Å². The third-order valence-electron chi connectivity index (χ3n) is 2.79. The van der Waals surface area contributed by atoms with Gasteiger partial charge in [-0.05, 0) is 6.42 Å². The predicted octanol–water partition coefficient (Wildman–Crippen LogP) is 3.28. The Bertz CT molecular complexity index is 440. The number of anilines is 1. The van der Waals surface area contributed by atoms with Gasteiger partial charge in [0.15, 0.2) is 6.56 Å². The van der Waals surface area contributed by atoms with Crippen LogP contribution in [-0.4, -0.2) is 29.2 Å². The van der Waals surface area contributed by atoms with Gasteiger partial charge in [-0.2, -0.15) is 0 Å². The molecule has 0 N–H and O–H groups in total. The van der Waals surface area contributed by atoms with Crippen LogP contribution < -0.4 is 4.90 Å². The van der Waals surface area contributed by atoms with Gasteiger partial charge in [-0.25, -0.2) is 11.6 Å². The predicted molar refractivity (Wildman–Crippen MR) is 78.8 cm³/mol. The van der Waals surface area contributed by atoms with Crippen molar-refractivity contribution >= 4 is 53.0 Å². The van der Waals surface area contributed by atoms with Gasteiger partial charge < -0.3 is 4.90 Å². The van der Waals surface area contributed by atoms with Crippen molar-refractivity contribution < 1.29 is 4.79 Å². The van der Waals surface area contributed by atoms with Crippen molar-refractivity contribution in [2.45, 2.75) is 24.9 Å². The Morgan fingerprint density at radius 1 is 1.44 bits per heavy atom. The second kappa shape index (κ2) is 6.17. The van der Waals surface area contributed by atoms with E-state index in [0.717, 1.165) is 6.42 Å². The van der Waals surface area contributed by atoms with Crippen LogP contribution in [0.3, 0.4) is 0 Å². The first-order chi connectivity index (χ1) is 8.63. The summed E-state index contributed by atoms with van der Waals surface area (Å²) in [5.41, 5.74) is 0.583. The van der Waals surface area contributed by atoms with Gasteiger partial charge in [0.05, 0.1) is 15.7 Å².